The highest BCUT2D eigenvalue weighted by Crippen LogP contribution is 2.37. The first-order valence-corrected chi connectivity index (χ1v) is 12.9. The number of thioether (sulfide) groups is 1. The highest BCUT2D eigenvalue weighted by molar-refractivity contribution is 7.99. The lowest BCUT2D eigenvalue weighted by Crippen LogP contribution is -2.49. The van der Waals surface area contributed by atoms with Crippen LogP contribution in [0.2, 0.25) is 0 Å². The summed E-state index contributed by atoms with van der Waals surface area (Å²) in [6.07, 6.45) is 4.28. The molecule has 7 nitrogen and oxygen atoms in total. The first-order chi connectivity index (χ1) is 15.4. The van der Waals surface area contributed by atoms with Gasteiger partial charge in [0.05, 0.1) is 0 Å². The average molecular weight is 459 g/mol. The first-order valence-electron chi connectivity index (χ1n) is 11.7. The second-order valence-corrected chi connectivity index (χ2v) is 10.6. The number of carbonyl (C=O) groups is 3. The molecular formula is C24H34N4O3S. The molecule has 4 amide bonds. The van der Waals surface area contributed by atoms with Crippen molar-refractivity contribution in [2.75, 3.05) is 36.5 Å². The number of amides is 4. The van der Waals surface area contributed by atoms with Crippen molar-refractivity contribution in [1.29, 1.82) is 0 Å². The predicted octanol–water partition coefficient (Wildman–Crippen LogP) is 3.37. The zero-order chi connectivity index (χ0) is 22.7. The van der Waals surface area contributed by atoms with Gasteiger partial charge in [-0.3, -0.25) is 19.4 Å². The second-order valence-electron chi connectivity index (χ2n) is 9.34. The van der Waals surface area contributed by atoms with Crippen molar-refractivity contribution in [3.8, 4) is 0 Å². The lowest BCUT2D eigenvalue weighted by molar-refractivity contribution is -0.135. The van der Waals surface area contributed by atoms with Gasteiger partial charge in [-0.2, -0.15) is 11.8 Å². The first kappa shape index (κ1) is 23.1. The number of hydrogen-bond acceptors (Lipinski definition) is 5. The number of benzene rings is 1. The molecule has 0 atom stereocenters. The summed E-state index contributed by atoms with van der Waals surface area (Å²) < 4.78 is 0. The molecule has 1 saturated carbocycles. The van der Waals surface area contributed by atoms with E-state index in [0.29, 0.717) is 18.8 Å². The topological polar surface area (TPSA) is 81.8 Å². The molecule has 4 rings (SSSR count). The fraction of sp³-hybridized carbons (Fsp3) is 0.625. The van der Waals surface area contributed by atoms with E-state index in [1.165, 1.54) is 17.1 Å². The Balaban J connectivity index is 1.34. The summed E-state index contributed by atoms with van der Waals surface area (Å²) in [7, 11) is 0. The average Bonchev–Trinajstić information content (AvgIpc) is 3.01. The van der Waals surface area contributed by atoms with Crippen LogP contribution in [0.4, 0.5) is 10.5 Å². The van der Waals surface area contributed by atoms with Crippen LogP contribution in [0.25, 0.3) is 0 Å². The SMILES string of the molecule is CCC1CCC2(CC1)NC(=O)N(CC(=O)Nc1ccc(CN3CCSCC3)cc1C)C2=O. The number of nitrogens with one attached hydrogen (secondary N) is 2. The maximum atomic E-state index is 13.0. The molecule has 2 N–H and O–H groups in total. The second kappa shape index (κ2) is 9.83. The largest absolute Gasteiger partial charge is 0.325 e. The van der Waals surface area contributed by atoms with Gasteiger partial charge in [-0.1, -0.05) is 25.5 Å². The fourth-order valence-corrected chi connectivity index (χ4v) is 6.03. The highest BCUT2D eigenvalue weighted by Gasteiger charge is 2.52. The molecule has 8 heteroatoms. The molecule has 0 unspecified atom stereocenters. The zero-order valence-corrected chi connectivity index (χ0v) is 19.9. The summed E-state index contributed by atoms with van der Waals surface area (Å²) in [5.74, 6) is 2.37. The van der Waals surface area contributed by atoms with Crippen LogP contribution in [-0.2, 0) is 16.1 Å². The Hall–Kier alpha value is -2.06. The van der Waals surface area contributed by atoms with Crippen molar-refractivity contribution in [3.05, 3.63) is 29.3 Å². The molecule has 3 fully saturated rings. The Morgan fingerprint density at radius 1 is 1.22 bits per heavy atom. The normalized spacial score (nSPS) is 26.4. The minimum atomic E-state index is -0.812. The van der Waals surface area contributed by atoms with E-state index in [2.05, 4.69) is 28.5 Å². The van der Waals surface area contributed by atoms with Crippen molar-refractivity contribution < 1.29 is 14.4 Å². The molecule has 1 spiro atoms. The van der Waals surface area contributed by atoms with Crippen molar-refractivity contribution in [2.24, 2.45) is 5.92 Å². The molecular weight excluding hydrogens is 424 g/mol. The molecule has 174 valence electrons. The Kier molecular flexibility index (Phi) is 7.10. The molecule has 0 aromatic heterocycles. The van der Waals surface area contributed by atoms with Crippen LogP contribution in [0, 0.1) is 12.8 Å². The van der Waals surface area contributed by atoms with E-state index in [9.17, 15) is 14.4 Å². The quantitative estimate of drug-likeness (QED) is 0.639. The van der Waals surface area contributed by atoms with Gasteiger partial charge in [-0.15, -0.1) is 0 Å². The third kappa shape index (κ3) is 4.96. The third-order valence-corrected chi connectivity index (χ3v) is 8.10. The summed E-state index contributed by atoms with van der Waals surface area (Å²) in [6.45, 7) is 7.01. The molecule has 3 aliphatic rings. The number of anilines is 1. The predicted molar refractivity (Wildman–Crippen MR) is 128 cm³/mol. The van der Waals surface area contributed by atoms with Gasteiger partial charge in [0.15, 0.2) is 0 Å². The molecule has 0 radical (unpaired) electrons. The van der Waals surface area contributed by atoms with Crippen LogP contribution in [0.1, 0.15) is 50.2 Å². The minimum Gasteiger partial charge on any atom is -0.324 e. The van der Waals surface area contributed by atoms with E-state index in [-0.39, 0.29) is 18.4 Å². The van der Waals surface area contributed by atoms with E-state index >= 15 is 0 Å². The van der Waals surface area contributed by atoms with Crippen LogP contribution in [0.5, 0.6) is 0 Å². The Labute approximate surface area is 194 Å². The summed E-state index contributed by atoms with van der Waals surface area (Å²) in [5, 5.41) is 5.78. The smallest absolute Gasteiger partial charge is 0.324 e. The number of hydrogen-bond donors (Lipinski definition) is 2. The van der Waals surface area contributed by atoms with Gasteiger partial charge in [-0.25, -0.2) is 4.79 Å². The van der Waals surface area contributed by atoms with Crippen LogP contribution < -0.4 is 10.6 Å². The fourth-order valence-electron chi connectivity index (χ4n) is 5.05. The van der Waals surface area contributed by atoms with Gasteiger partial charge in [0.25, 0.3) is 5.91 Å². The van der Waals surface area contributed by atoms with Gasteiger partial charge in [0.2, 0.25) is 5.91 Å². The van der Waals surface area contributed by atoms with Crippen molar-refractivity contribution >= 4 is 35.3 Å². The number of nitrogens with zero attached hydrogens (tertiary/aromatic N) is 2. The molecule has 1 aromatic carbocycles. The summed E-state index contributed by atoms with van der Waals surface area (Å²) in [6, 6.07) is 5.61. The molecule has 1 aromatic rings. The minimum absolute atomic E-state index is 0.251. The van der Waals surface area contributed by atoms with E-state index in [1.807, 2.05) is 30.8 Å². The van der Waals surface area contributed by atoms with Gasteiger partial charge in [-0.05, 0) is 55.7 Å². The monoisotopic (exact) mass is 458 g/mol. The molecule has 0 bridgehead atoms. The Morgan fingerprint density at radius 2 is 1.94 bits per heavy atom. The molecule has 32 heavy (non-hydrogen) atoms. The number of aryl methyl sites for hydroxylation is 1. The lowest BCUT2D eigenvalue weighted by atomic mass is 9.75. The highest BCUT2D eigenvalue weighted by atomic mass is 32.2. The molecule has 2 aliphatic heterocycles. The Bertz CT molecular complexity index is 876. The van der Waals surface area contributed by atoms with Crippen molar-refractivity contribution in [2.45, 2.75) is 58.0 Å². The molecule has 2 saturated heterocycles. The number of urea groups is 1. The number of rotatable bonds is 6. The maximum Gasteiger partial charge on any atom is 0.325 e. The van der Waals surface area contributed by atoms with E-state index in [4.69, 9.17) is 0 Å². The summed E-state index contributed by atoms with van der Waals surface area (Å²) >= 11 is 2.00. The maximum absolute atomic E-state index is 13.0. The van der Waals surface area contributed by atoms with Crippen LogP contribution in [0.15, 0.2) is 18.2 Å². The number of imide groups is 1. The zero-order valence-electron chi connectivity index (χ0n) is 19.1. The van der Waals surface area contributed by atoms with Crippen LogP contribution in [-0.4, -0.2) is 64.3 Å². The number of carbonyl (C=O) groups excluding carboxylic acids is 3. The summed E-state index contributed by atoms with van der Waals surface area (Å²) in [5.41, 5.74) is 2.12. The summed E-state index contributed by atoms with van der Waals surface area (Å²) in [4.78, 5) is 41.8. The van der Waals surface area contributed by atoms with Gasteiger partial charge >= 0.3 is 6.03 Å². The van der Waals surface area contributed by atoms with E-state index in [0.717, 1.165) is 55.0 Å². The standard InChI is InChI=1S/C24H34N4O3S/c1-3-18-6-8-24(9-7-18)22(30)28(23(31)26-24)16-21(29)25-20-5-4-19(14-17(20)2)15-27-10-12-32-13-11-27/h4-5,14,18H,3,6-13,15-16H2,1-2H3,(H,25,29)(H,26,31). The van der Waals surface area contributed by atoms with Crippen molar-refractivity contribution in [3.63, 3.8) is 0 Å². The van der Waals surface area contributed by atoms with E-state index in [1.54, 1.807) is 0 Å². The van der Waals surface area contributed by atoms with Crippen LogP contribution >= 0.6 is 11.8 Å². The van der Waals surface area contributed by atoms with Gasteiger partial charge in [0, 0.05) is 36.8 Å². The van der Waals surface area contributed by atoms with Gasteiger partial charge < -0.3 is 10.6 Å². The molecule has 1 aliphatic carbocycles. The molecule has 2 heterocycles. The Morgan fingerprint density at radius 3 is 2.59 bits per heavy atom. The van der Waals surface area contributed by atoms with Crippen molar-refractivity contribution in [1.82, 2.24) is 15.1 Å². The third-order valence-electron chi connectivity index (χ3n) is 7.16. The van der Waals surface area contributed by atoms with E-state index < -0.39 is 11.6 Å². The van der Waals surface area contributed by atoms with Crippen LogP contribution in [0.3, 0.4) is 0 Å². The lowest BCUT2D eigenvalue weighted by Gasteiger charge is -2.34. The van der Waals surface area contributed by atoms with Gasteiger partial charge in [0.1, 0.15) is 12.1 Å².